The molecular weight excluding hydrogens is 309 g/mol. The third-order valence-corrected chi connectivity index (χ3v) is 3.59. The molecule has 0 aromatic heterocycles. The monoisotopic (exact) mass is 317 g/mol. The molecule has 1 aliphatic heterocycles. The van der Waals surface area contributed by atoms with Crippen molar-refractivity contribution in [3.63, 3.8) is 0 Å². The van der Waals surface area contributed by atoms with E-state index in [2.05, 4.69) is 22.5 Å². The van der Waals surface area contributed by atoms with Gasteiger partial charge in [-0.2, -0.15) is 0 Å². The summed E-state index contributed by atoms with van der Waals surface area (Å²) in [4.78, 5) is 13.6. The number of halogens is 2. The summed E-state index contributed by atoms with van der Waals surface area (Å²) < 4.78 is 14.6. The summed E-state index contributed by atoms with van der Waals surface area (Å²) in [5.74, 6) is -0.710. The third kappa shape index (κ3) is 1.79. The number of amides is 1. The van der Waals surface area contributed by atoms with Crippen LogP contribution in [0.4, 0.5) is 10.1 Å². The molecule has 0 radical (unpaired) electrons. The molecular formula is C15H9BrFNO. The average molecular weight is 318 g/mol. The normalized spacial score (nSPS) is 13.9. The van der Waals surface area contributed by atoms with E-state index in [9.17, 15) is 9.18 Å². The molecule has 19 heavy (non-hydrogen) atoms. The zero-order valence-corrected chi connectivity index (χ0v) is 11.4. The van der Waals surface area contributed by atoms with Gasteiger partial charge in [-0.25, -0.2) is 4.39 Å². The smallest absolute Gasteiger partial charge is 0.263 e. The van der Waals surface area contributed by atoms with Crippen molar-refractivity contribution < 1.29 is 9.18 Å². The van der Waals surface area contributed by atoms with Crippen LogP contribution in [0.25, 0.3) is 5.70 Å². The van der Waals surface area contributed by atoms with Crippen molar-refractivity contribution in [3.05, 3.63) is 70.5 Å². The Hall–Kier alpha value is -1.94. The molecule has 1 amide bonds. The van der Waals surface area contributed by atoms with Crippen LogP contribution in [0.3, 0.4) is 0 Å². The number of rotatable bonds is 1. The highest BCUT2D eigenvalue weighted by Crippen LogP contribution is 2.37. The van der Waals surface area contributed by atoms with Gasteiger partial charge in [0.1, 0.15) is 5.82 Å². The van der Waals surface area contributed by atoms with Crippen LogP contribution in [0.15, 0.2) is 53.5 Å². The fourth-order valence-corrected chi connectivity index (χ4v) is 2.54. The van der Waals surface area contributed by atoms with Gasteiger partial charge >= 0.3 is 0 Å². The predicted octanol–water partition coefficient (Wildman–Crippen LogP) is 4.22. The Morgan fingerprint density at radius 1 is 1.11 bits per heavy atom. The summed E-state index contributed by atoms with van der Waals surface area (Å²) in [7, 11) is 0. The SMILES string of the molecule is C=C1c2ccccc2C(=O)N1c1ccc(Br)cc1F. The van der Waals surface area contributed by atoms with Crippen LogP contribution >= 0.6 is 15.9 Å². The summed E-state index contributed by atoms with van der Waals surface area (Å²) in [6.07, 6.45) is 0. The van der Waals surface area contributed by atoms with E-state index in [1.165, 1.54) is 11.0 Å². The van der Waals surface area contributed by atoms with Crippen LogP contribution in [0.2, 0.25) is 0 Å². The zero-order chi connectivity index (χ0) is 13.6. The molecule has 1 aliphatic rings. The van der Waals surface area contributed by atoms with Crippen LogP contribution in [-0.2, 0) is 0 Å². The van der Waals surface area contributed by atoms with Crippen molar-refractivity contribution in [1.82, 2.24) is 0 Å². The van der Waals surface area contributed by atoms with Crippen molar-refractivity contribution in [3.8, 4) is 0 Å². The highest BCUT2D eigenvalue weighted by atomic mass is 79.9. The second-order valence-electron chi connectivity index (χ2n) is 4.23. The fraction of sp³-hybridized carbons (Fsp3) is 0. The lowest BCUT2D eigenvalue weighted by atomic mass is 10.1. The van der Waals surface area contributed by atoms with Crippen LogP contribution in [-0.4, -0.2) is 5.91 Å². The van der Waals surface area contributed by atoms with Crippen LogP contribution in [0.1, 0.15) is 15.9 Å². The summed E-state index contributed by atoms with van der Waals surface area (Å²) >= 11 is 3.20. The number of hydrogen-bond acceptors (Lipinski definition) is 1. The number of hydrogen-bond donors (Lipinski definition) is 0. The van der Waals surface area contributed by atoms with Crippen LogP contribution in [0, 0.1) is 5.82 Å². The van der Waals surface area contributed by atoms with Gasteiger partial charge in [0.15, 0.2) is 0 Å². The molecule has 0 N–H and O–H groups in total. The molecule has 4 heteroatoms. The molecule has 0 saturated carbocycles. The van der Waals surface area contributed by atoms with E-state index in [1.807, 2.05) is 12.1 Å². The standard InChI is InChI=1S/C15H9BrFNO/c1-9-11-4-2-3-5-12(11)15(19)18(9)14-7-6-10(16)8-13(14)17/h2-8H,1H2. The Kier molecular flexibility index (Phi) is 2.75. The average Bonchev–Trinajstić information content (AvgIpc) is 2.64. The summed E-state index contributed by atoms with van der Waals surface area (Å²) in [6, 6.07) is 11.7. The van der Waals surface area contributed by atoms with Gasteiger partial charge in [0, 0.05) is 15.6 Å². The predicted molar refractivity (Wildman–Crippen MR) is 76.4 cm³/mol. The molecule has 2 nitrogen and oxygen atoms in total. The third-order valence-electron chi connectivity index (χ3n) is 3.09. The number of benzene rings is 2. The van der Waals surface area contributed by atoms with Crippen molar-refractivity contribution in [2.45, 2.75) is 0 Å². The molecule has 0 aliphatic carbocycles. The molecule has 0 atom stereocenters. The van der Waals surface area contributed by atoms with E-state index in [0.717, 1.165) is 5.56 Å². The van der Waals surface area contributed by atoms with E-state index in [1.54, 1.807) is 24.3 Å². The number of nitrogens with zero attached hydrogens (tertiary/aromatic N) is 1. The number of fused-ring (bicyclic) bond motifs is 1. The van der Waals surface area contributed by atoms with Crippen molar-refractivity contribution in [2.75, 3.05) is 4.90 Å². The zero-order valence-electron chi connectivity index (χ0n) is 9.86. The summed E-state index contributed by atoms with van der Waals surface area (Å²) in [6.45, 7) is 3.89. The molecule has 0 bridgehead atoms. The first-order chi connectivity index (χ1) is 9.09. The van der Waals surface area contributed by atoms with E-state index in [-0.39, 0.29) is 11.6 Å². The lowest BCUT2D eigenvalue weighted by Crippen LogP contribution is -2.22. The Labute approximate surface area is 118 Å². The fourth-order valence-electron chi connectivity index (χ4n) is 2.20. The lowest BCUT2D eigenvalue weighted by Gasteiger charge is -2.18. The topological polar surface area (TPSA) is 20.3 Å². The van der Waals surface area contributed by atoms with E-state index in [0.29, 0.717) is 15.7 Å². The first kappa shape index (κ1) is 12.1. The van der Waals surface area contributed by atoms with Crippen LogP contribution < -0.4 is 4.90 Å². The number of carbonyl (C=O) groups is 1. The van der Waals surface area contributed by atoms with Gasteiger partial charge in [-0.1, -0.05) is 40.7 Å². The minimum absolute atomic E-state index is 0.217. The molecule has 0 saturated heterocycles. The largest absolute Gasteiger partial charge is 0.274 e. The quantitative estimate of drug-likeness (QED) is 0.771. The van der Waals surface area contributed by atoms with Gasteiger partial charge < -0.3 is 0 Å². The first-order valence-corrected chi connectivity index (χ1v) is 6.46. The Balaban J connectivity index is 2.14. The number of anilines is 1. The lowest BCUT2D eigenvalue weighted by molar-refractivity contribution is 0.101. The molecule has 2 aromatic rings. The van der Waals surface area contributed by atoms with Crippen molar-refractivity contribution >= 4 is 33.2 Å². The molecule has 2 aromatic carbocycles. The van der Waals surface area contributed by atoms with Gasteiger partial charge in [-0.05, 0) is 24.3 Å². The Morgan fingerprint density at radius 2 is 1.79 bits per heavy atom. The minimum atomic E-state index is -0.461. The van der Waals surface area contributed by atoms with E-state index >= 15 is 0 Å². The molecule has 0 spiro atoms. The Morgan fingerprint density at radius 3 is 2.42 bits per heavy atom. The van der Waals surface area contributed by atoms with Crippen LogP contribution in [0.5, 0.6) is 0 Å². The van der Waals surface area contributed by atoms with Gasteiger partial charge in [0.2, 0.25) is 0 Å². The molecule has 0 unspecified atom stereocenters. The first-order valence-electron chi connectivity index (χ1n) is 5.67. The summed E-state index contributed by atoms with van der Waals surface area (Å²) in [5.41, 5.74) is 2.01. The molecule has 94 valence electrons. The second-order valence-corrected chi connectivity index (χ2v) is 5.14. The minimum Gasteiger partial charge on any atom is -0.274 e. The number of carbonyl (C=O) groups excluding carboxylic acids is 1. The maximum Gasteiger partial charge on any atom is 0.263 e. The summed E-state index contributed by atoms with van der Waals surface area (Å²) in [5, 5.41) is 0. The van der Waals surface area contributed by atoms with Gasteiger partial charge in [-0.3, -0.25) is 9.69 Å². The Bertz CT molecular complexity index is 676. The molecule has 3 rings (SSSR count). The maximum atomic E-state index is 14.0. The second kappa shape index (κ2) is 4.31. The van der Waals surface area contributed by atoms with Gasteiger partial charge in [0.05, 0.1) is 11.4 Å². The molecule has 0 fully saturated rings. The highest BCUT2D eigenvalue weighted by Gasteiger charge is 2.33. The van der Waals surface area contributed by atoms with E-state index in [4.69, 9.17) is 0 Å². The van der Waals surface area contributed by atoms with Crippen molar-refractivity contribution in [2.24, 2.45) is 0 Å². The van der Waals surface area contributed by atoms with E-state index < -0.39 is 5.82 Å². The maximum absolute atomic E-state index is 14.0. The van der Waals surface area contributed by atoms with Gasteiger partial charge in [0.25, 0.3) is 5.91 Å². The molecule has 1 heterocycles. The van der Waals surface area contributed by atoms with Crippen molar-refractivity contribution in [1.29, 1.82) is 0 Å². The van der Waals surface area contributed by atoms with Gasteiger partial charge in [-0.15, -0.1) is 0 Å². The highest BCUT2D eigenvalue weighted by molar-refractivity contribution is 9.10.